The van der Waals surface area contributed by atoms with Gasteiger partial charge in [0.15, 0.2) is 0 Å². The van der Waals surface area contributed by atoms with Gasteiger partial charge in [0, 0.05) is 5.57 Å². The summed E-state index contributed by atoms with van der Waals surface area (Å²) in [5.41, 5.74) is 1.05. The van der Waals surface area contributed by atoms with Gasteiger partial charge in [-0.15, -0.1) is 0 Å². The van der Waals surface area contributed by atoms with Crippen molar-refractivity contribution in [1.29, 1.82) is 0 Å². The van der Waals surface area contributed by atoms with Crippen LogP contribution in [-0.2, 0) is 9.53 Å². The van der Waals surface area contributed by atoms with E-state index in [1.807, 2.05) is 6.92 Å². The van der Waals surface area contributed by atoms with E-state index in [-0.39, 0.29) is 11.5 Å². The fourth-order valence-corrected chi connectivity index (χ4v) is 4.03. The van der Waals surface area contributed by atoms with Crippen LogP contribution in [-0.4, -0.2) is 23.8 Å². The number of aliphatic carboxylic acids is 1. The van der Waals surface area contributed by atoms with Crippen molar-refractivity contribution in [2.45, 2.75) is 59.5 Å². The average Bonchev–Trinajstić information content (AvgIpc) is 2.67. The highest BCUT2D eigenvalue weighted by Crippen LogP contribution is 2.66. The number of fused-ring (bicyclic) bond motifs is 2. The summed E-state index contributed by atoms with van der Waals surface area (Å²) in [4.78, 5) is 10.9. The molecule has 19 heavy (non-hydrogen) atoms. The smallest absolute Gasteiger partial charge is 0.331 e. The molecule has 0 aromatic carbocycles. The van der Waals surface area contributed by atoms with Gasteiger partial charge in [-0.2, -0.15) is 0 Å². The third-order valence-electron chi connectivity index (χ3n) is 6.00. The summed E-state index contributed by atoms with van der Waals surface area (Å²) >= 11 is 0. The molecular formula is C16H26O3. The van der Waals surface area contributed by atoms with E-state index >= 15 is 0 Å². The first-order chi connectivity index (χ1) is 8.83. The van der Waals surface area contributed by atoms with Gasteiger partial charge in [-0.25, -0.2) is 4.79 Å². The van der Waals surface area contributed by atoms with Crippen LogP contribution in [0.2, 0.25) is 0 Å². The van der Waals surface area contributed by atoms with Crippen LogP contribution in [0, 0.1) is 16.7 Å². The van der Waals surface area contributed by atoms with Crippen molar-refractivity contribution in [3.8, 4) is 0 Å². The monoisotopic (exact) mass is 266 g/mol. The van der Waals surface area contributed by atoms with Crippen molar-refractivity contribution in [1.82, 2.24) is 0 Å². The molecule has 0 amide bonds. The molecule has 0 aromatic heterocycles. The molecule has 0 saturated heterocycles. The summed E-state index contributed by atoms with van der Waals surface area (Å²) in [6, 6.07) is 0. The number of carbonyl (C=O) groups is 1. The van der Waals surface area contributed by atoms with Crippen LogP contribution in [0.25, 0.3) is 0 Å². The predicted octanol–water partition coefficient (Wildman–Crippen LogP) is 3.64. The van der Waals surface area contributed by atoms with E-state index in [4.69, 9.17) is 9.84 Å². The Hall–Kier alpha value is -0.830. The summed E-state index contributed by atoms with van der Waals surface area (Å²) < 4.78 is 6.02. The highest BCUT2D eigenvalue weighted by Gasteiger charge is 2.61. The molecule has 2 bridgehead atoms. The van der Waals surface area contributed by atoms with Crippen LogP contribution in [0.3, 0.4) is 0 Å². The number of carboxylic acids is 1. The Bertz CT molecular complexity index is 397. The molecule has 3 nitrogen and oxygen atoms in total. The molecule has 2 fully saturated rings. The predicted molar refractivity (Wildman–Crippen MR) is 75.0 cm³/mol. The van der Waals surface area contributed by atoms with Gasteiger partial charge in [0.1, 0.15) is 0 Å². The Morgan fingerprint density at radius 1 is 1.42 bits per heavy atom. The van der Waals surface area contributed by atoms with Crippen LogP contribution in [0.1, 0.15) is 53.4 Å². The number of hydrogen-bond donors (Lipinski definition) is 1. The Morgan fingerprint density at radius 3 is 2.53 bits per heavy atom. The van der Waals surface area contributed by atoms with Gasteiger partial charge in [-0.1, -0.05) is 27.7 Å². The van der Waals surface area contributed by atoms with Crippen LogP contribution in [0.15, 0.2) is 11.6 Å². The number of ether oxygens (including phenoxy) is 1. The molecular weight excluding hydrogens is 240 g/mol. The second-order valence-corrected chi connectivity index (χ2v) is 6.82. The number of hydrogen-bond acceptors (Lipinski definition) is 2. The maximum Gasteiger partial charge on any atom is 0.331 e. The molecule has 2 aliphatic carbocycles. The molecule has 3 unspecified atom stereocenters. The van der Waals surface area contributed by atoms with E-state index in [0.29, 0.717) is 24.0 Å². The minimum Gasteiger partial charge on any atom is -0.478 e. The molecule has 2 aliphatic rings. The first kappa shape index (κ1) is 14.6. The van der Waals surface area contributed by atoms with Crippen molar-refractivity contribution in [2.24, 2.45) is 16.7 Å². The molecule has 3 heteroatoms. The minimum absolute atomic E-state index is 0.251. The Kier molecular flexibility index (Phi) is 3.78. The zero-order valence-corrected chi connectivity index (χ0v) is 12.5. The maximum absolute atomic E-state index is 10.9. The zero-order chi connectivity index (χ0) is 14.3. The molecule has 0 heterocycles. The van der Waals surface area contributed by atoms with Gasteiger partial charge < -0.3 is 9.84 Å². The van der Waals surface area contributed by atoms with Crippen molar-refractivity contribution < 1.29 is 14.6 Å². The minimum atomic E-state index is -0.828. The second kappa shape index (κ2) is 4.93. The van der Waals surface area contributed by atoms with Gasteiger partial charge >= 0.3 is 5.97 Å². The first-order valence-corrected chi connectivity index (χ1v) is 7.37. The van der Waals surface area contributed by atoms with Crippen molar-refractivity contribution in [3.63, 3.8) is 0 Å². The zero-order valence-electron chi connectivity index (χ0n) is 12.5. The summed E-state index contributed by atoms with van der Waals surface area (Å²) in [5, 5.41) is 8.98. The molecule has 0 radical (unpaired) electrons. The van der Waals surface area contributed by atoms with Crippen LogP contribution >= 0.6 is 0 Å². The van der Waals surface area contributed by atoms with E-state index in [1.165, 1.54) is 12.8 Å². The molecule has 3 atom stereocenters. The summed E-state index contributed by atoms with van der Waals surface area (Å²) in [7, 11) is 0. The quantitative estimate of drug-likeness (QED) is 0.773. The van der Waals surface area contributed by atoms with Gasteiger partial charge in [0.05, 0.1) is 12.7 Å². The summed E-state index contributed by atoms with van der Waals surface area (Å²) in [6.07, 6.45) is 6.24. The largest absolute Gasteiger partial charge is 0.478 e. The van der Waals surface area contributed by atoms with E-state index in [2.05, 4.69) is 20.8 Å². The van der Waals surface area contributed by atoms with Crippen molar-refractivity contribution >= 4 is 5.97 Å². The molecule has 108 valence electrons. The fourth-order valence-electron chi connectivity index (χ4n) is 4.03. The molecule has 1 N–H and O–H groups in total. The lowest BCUT2D eigenvalue weighted by Crippen LogP contribution is -2.37. The highest BCUT2D eigenvalue weighted by molar-refractivity contribution is 5.86. The third-order valence-corrected chi connectivity index (χ3v) is 6.00. The van der Waals surface area contributed by atoms with Gasteiger partial charge in [0.25, 0.3) is 0 Å². The number of rotatable bonds is 5. The van der Waals surface area contributed by atoms with Gasteiger partial charge in [0.2, 0.25) is 0 Å². The lowest BCUT2D eigenvalue weighted by Gasteiger charge is -2.38. The third kappa shape index (κ3) is 2.22. The Labute approximate surface area is 116 Å². The Balaban J connectivity index is 1.98. The second-order valence-electron chi connectivity index (χ2n) is 6.82. The SMILES string of the molecule is CCC(=CCOC1CC2CCC1(C)C2(C)C)C(=O)O. The van der Waals surface area contributed by atoms with Gasteiger partial charge in [-0.3, -0.25) is 0 Å². The Morgan fingerprint density at radius 2 is 2.11 bits per heavy atom. The first-order valence-electron chi connectivity index (χ1n) is 7.37. The van der Waals surface area contributed by atoms with E-state index in [0.717, 1.165) is 12.3 Å². The summed E-state index contributed by atoms with van der Waals surface area (Å²) in [5.74, 6) is -0.0674. The normalized spacial score (nSPS) is 36.7. The van der Waals surface area contributed by atoms with E-state index in [1.54, 1.807) is 6.08 Å². The maximum atomic E-state index is 10.9. The van der Waals surface area contributed by atoms with Crippen molar-refractivity contribution in [2.75, 3.05) is 6.61 Å². The van der Waals surface area contributed by atoms with E-state index < -0.39 is 5.97 Å². The highest BCUT2D eigenvalue weighted by atomic mass is 16.5. The molecule has 0 spiro atoms. The molecule has 0 aromatic rings. The lowest BCUT2D eigenvalue weighted by molar-refractivity contribution is -0.132. The topological polar surface area (TPSA) is 46.5 Å². The van der Waals surface area contributed by atoms with Crippen molar-refractivity contribution in [3.05, 3.63) is 11.6 Å². The molecule has 2 rings (SSSR count). The van der Waals surface area contributed by atoms with Crippen LogP contribution in [0.5, 0.6) is 0 Å². The fraction of sp³-hybridized carbons (Fsp3) is 0.812. The van der Waals surface area contributed by atoms with Gasteiger partial charge in [-0.05, 0) is 48.5 Å². The standard InChI is InChI=1S/C16H26O3/c1-5-11(14(17)18)7-9-19-13-10-12-6-8-16(13,4)15(12,2)3/h7,12-13H,5-6,8-10H2,1-4H3,(H,17,18). The lowest BCUT2D eigenvalue weighted by atomic mass is 9.70. The summed E-state index contributed by atoms with van der Waals surface area (Å²) in [6.45, 7) is 9.35. The van der Waals surface area contributed by atoms with Crippen LogP contribution in [0.4, 0.5) is 0 Å². The molecule has 0 aliphatic heterocycles. The average molecular weight is 266 g/mol. The van der Waals surface area contributed by atoms with E-state index in [9.17, 15) is 4.79 Å². The van der Waals surface area contributed by atoms with Crippen LogP contribution < -0.4 is 0 Å². The molecule has 2 saturated carbocycles. The number of carboxylic acid groups (broad SMARTS) is 1.